The molecule has 2 aliphatic rings. The van der Waals surface area contributed by atoms with Gasteiger partial charge in [-0.25, -0.2) is 0 Å². The Morgan fingerprint density at radius 1 is 1.27 bits per heavy atom. The topological polar surface area (TPSA) is 15.6 Å². The highest BCUT2D eigenvalue weighted by atomic mass is 32.2. The zero-order chi connectivity index (χ0) is 10.1. The van der Waals surface area contributed by atoms with Crippen molar-refractivity contribution >= 4 is 22.6 Å². The Morgan fingerprint density at radius 3 is 3.07 bits per heavy atom. The molecule has 0 N–H and O–H groups in total. The summed E-state index contributed by atoms with van der Waals surface area (Å²) in [5.74, 6) is 1.15. The van der Waals surface area contributed by atoms with Gasteiger partial charge in [-0.3, -0.25) is 4.99 Å². The summed E-state index contributed by atoms with van der Waals surface area (Å²) < 4.78 is 0. The molecular weight excluding hydrogens is 204 g/mol. The molecular formula is C12H14N2S. The minimum atomic E-state index is 0.985. The van der Waals surface area contributed by atoms with Gasteiger partial charge in [0.1, 0.15) is 0 Å². The monoisotopic (exact) mass is 218 g/mol. The molecule has 78 valence electrons. The largest absolute Gasteiger partial charge is 0.321 e. The van der Waals surface area contributed by atoms with E-state index in [1.165, 1.54) is 29.3 Å². The Bertz CT molecular complexity index is 400. The first-order chi connectivity index (χ1) is 7.45. The fraction of sp³-hybridized carbons (Fsp3) is 0.417. The summed E-state index contributed by atoms with van der Waals surface area (Å²) in [6, 6.07) is 8.71. The third kappa shape index (κ3) is 1.65. The van der Waals surface area contributed by atoms with Crippen LogP contribution >= 0.6 is 11.8 Å². The van der Waals surface area contributed by atoms with E-state index in [4.69, 9.17) is 0 Å². The van der Waals surface area contributed by atoms with Gasteiger partial charge in [0.25, 0.3) is 0 Å². The summed E-state index contributed by atoms with van der Waals surface area (Å²) in [5.41, 5.74) is 2.84. The van der Waals surface area contributed by atoms with Crippen molar-refractivity contribution in [3.63, 3.8) is 0 Å². The average molecular weight is 218 g/mol. The van der Waals surface area contributed by atoms with E-state index < -0.39 is 0 Å². The van der Waals surface area contributed by atoms with E-state index in [0.29, 0.717) is 0 Å². The summed E-state index contributed by atoms with van der Waals surface area (Å²) >= 11 is 1.89. The minimum absolute atomic E-state index is 0.985. The number of thioether (sulfide) groups is 1. The van der Waals surface area contributed by atoms with Crippen molar-refractivity contribution in [2.75, 3.05) is 23.7 Å². The lowest BCUT2D eigenvalue weighted by atomic mass is 10.0. The highest BCUT2D eigenvalue weighted by Crippen LogP contribution is 2.30. The number of para-hydroxylation sites is 1. The van der Waals surface area contributed by atoms with Crippen molar-refractivity contribution in [1.82, 2.24) is 0 Å². The highest BCUT2D eigenvalue weighted by Gasteiger charge is 2.22. The number of aryl methyl sites for hydroxylation is 1. The molecule has 15 heavy (non-hydrogen) atoms. The lowest BCUT2D eigenvalue weighted by molar-refractivity contribution is 0.781. The van der Waals surface area contributed by atoms with Gasteiger partial charge in [-0.1, -0.05) is 30.0 Å². The molecule has 0 bridgehead atoms. The van der Waals surface area contributed by atoms with E-state index >= 15 is 0 Å². The van der Waals surface area contributed by atoms with Gasteiger partial charge in [-0.15, -0.1) is 0 Å². The van der Waals surface area contributed by atoms with Crippen molar-refractivity contribution < 1.29 is 0 Å². The maximum atomic E-state index is 4.56. The first kappa shape index (κ1) is 9.28. The predicted molar refractivity (Wildman–Crippen MR) is 66.9 cm³/mol. The van der Waals surface area contributed by atoms with Gasteiger partial charge in [0.05, 0.1) is 6.54 Å². The Labute approximate surface area is 94.4 Å². The second kappa shape index (κ2) is 3.89. The van der Waals surface area contributed by atoms with Crippen LogP contribution < -0.4 is 4.90 Å². The first-order valence-corrected chi connectivity index (χ1v) is 6.46. The molecule has 0 saturated heterocycles. The molecule has 0 aromatic heterocycles. The van der Waals surface area contributed by atoms with E-state index in [1.807, 2.05) is 11.8 Å². The Morgan fingerprint density at radius 2 is 2.20 bits per heavy atom. The number of benzene rings is 1. The maximum Gasteiger partial charge on any atom is 0.163 e. The zero-order valence-electron chi connectivity index (χ0n) is 8.65. The smallest absolute Gasteiger partial charge is 0.163 e. The van der Waals surface area contributed by atoms with Crippen LogP contribution in [0.1, 0.15) is 12.0 Å². The first-order valence-electron chi connectivity index (χ1n) is 5.48. The third-order valence-electron chi connectivity index (χ3n) is 2.91. The normalized spacial score (nSPS) is 20.0. The van der Waals surface area contributed by atoms with Crippen LogP contribution in [0.5, 0.6) is 0 Å². The second-order valence-electron chi connectivity index (χ2n) is 3.90. The van der Waals surface area contributed by atoms with Crippen molar-refractivity contribution in [2.45, 2.75) is 12.8 Å². The van der Waals surface area contributed by atoms with E-state index in [1.54, 1.807) is 0 Å². The van der Waals surface area contributed by atoms with Gasteiger partial charge >= 0.3 is 0 Å². The van der Waals surface area contributed by atoms with Crippen LogP contribution in [-0.4, -0.2) is 24.0 Å². The molecule has 2 nitrogen and oxygen atoms in total. The number of hydrogen-bond acceptors (Lipinski definition) is 3. The number of rotatable bonds is 0. The minimum Gasteiger partial charge on any atom is -0.321 e. The molecule has 0 atom stereocenters. The molecule has 0 aliphatic carbocycles. The summed E-state index contributed by atoms with van der Waals surface area (Å²) in [6.45, 7) is 2.11. The third-order valence-corrected chi connectivity index (χ3v) is 3.91. The standard InChI is InChI=1S/C12H14N2S/c1-2-6-11-10(4-1)5-3-8-14(11)12-13-7-9-15-12/h1-2,4,6H,3,5,7-9H2. The molecule has 0 unspecified atom stereocenters. The SMILES string of the molecule is c1ccc2c(c1)CCCN2C1=NCCS1. The summed E-state index contributed by atoms with van der Waals surface area (Å²) in [4.78, 5) is 6.95. The van der Waals surface area contributed by atoms with Gasteiger partial charge in [0.2, 0.25) is 0 Å². The average Bonchev–Trinajstić information content (AvgIpc) is 2.82. The molecule has 2 aliphatic heterocycles. The Hall–Kier alpha value is -0.960. The molecule has 3 heteroatoms. The lowest BCUT2D eigenvalue weighted by Crippen LogP contribution is -2.32. The van der Waals surface area contributed by atoms with Crippen LogP contribution in [0.3, 0.4) is 0 Å². The Balaban J connectivity index is 1.98. The van der Waals surface area contributed by atoms with Gasteiger partial charge in [0, 0.05) is 18.0 Å². The molecule has 0 fully saturated rings. The van der Waals surface area contributed by atoms with Crippen molar-refractivity contribution in [2.24, 2.45) is 4.99 Å². The molecule has 1 aromatic rings. The number of nitrogens with zero attached hydrogens (tertiary/aromatic N) is 2. The van der Waals surface area contributed by atoms with Gasteiger partial charge in [-0.05, 0) is 24.5 Å². The number of aliphatic imine (C=N–C) groups is 1. The summed E-state index contributed by atoms with van der Waals surface area (Å²) in [5, 5.41) is 1.22. The molecule has 1 aromatic carbocycles. The maximum absolute atomic E-state index is 4.56. The van der Waals surface area contributed by atoms with Crippen molar-refractivity contribution in [1.29, 1.82) is 0 Å². The van der Waals surface area contributed by atoms with Crippen LogP contribution in [0.15, 0.2) is 29.3 Å². The number of hydrogen-bond donors (Lipinski definition) is 0. The van der Waals surface area contributed by atoms with E-state index in [0.717, 1.165) is 18.8 Å². The number of anilines is 1. The lowest BCUT2D eigenvalue weighted by Gasteiger charge is -2.30. The van der Waals surface area contributed by atoms with E-state index in [2.05, 4.69) is 34.2 Å². The number of fused-ring (bicyclic) bond motifs is 1. The van der Waals surface area contributed by atoms with Crippen molar-refractivity contribution in [3.05, 3.63) is 29.8 Å². The van der Waals surface area contributed by atoms with Gasteiger partial charge in [0.15, 0.2) is 5.17 Å². The molecule has 0 saturated carbocycles. The van der Waals surface area contributed by atoms with Crippen LogP contribution in [-0.2, 0) is 6.42 Å². The quantitative estimate of drug-likeness (QED) is 0.665. The van der Waals surface area contributed by atoms with Crippen LogP contribution in [0.25, 0.3) is 0 Å². The molecule has 0 radical (unpaired) electrons. The Kier molecular flexibility index (Phi) is 2.41. The predicted octanol–water partition coefficient (Wildman–Crippen LogP) is 2.54. The van der Waals surface area contributed by atoms with E-state index in [9.17, 15) is 0 Å². The highest BCUT2D eigenvalue weighted by molar-refractivity contribution is 8.14. The number of amidine groups is 1. The van der Waals surface area contributed by atoms with Crippen molar-refractivity contribution in [3.8, 4) is 0 Å². The van der Waals surface area contributed by atoms with Crippen LogP contribution in [0.2, 0.25) is 0 Å². The second-order valence-corrected chi connectivity index (χ2v) is 4.96. The molecule has 0 spiro atoms. The summed E-state index contributed by atoms with van der Waals surface area (Å²) in [6.07, 6.45) is 2.46. The van der Waals surface area contributed by atoms with Crippen LogP contribution in [0.4, 0.5) is 5.69 Å². The molecule has 3 rings (SSSR count). The van der Waals surface area contributed by atoms with E-state index in [-0.39, 0.29) is 0 Å². The summed E-state index contributed by atoms with van der Waals surface area (Å²) in [7, 11) is 0. The van der Waals surface area contributed by atoms with Gasteiger partial charge in [-0.2, -0.15) is 0 Å². The van der Waals surface area contributed by atoms with Gasteiger partial charge < -0.3 is 4.90 Å². The fourth-order valence-corrected chi connectivity index (χ4v) is 3.11. The molecule has 2 heterocycles. The fourth-order valence-electron chi connectivity index (χ4n) is 2.22. The zero-order valence-corrected chi connectivity index (χ0v) is 9.46. The van der Waals surface area contributed by atoms with Crippen LogP contribution in [0, 0.1) is 0 Å². The molecule has 0 amide bonds.